The van der Waals surface area contributed by atoms with Crippen LogP contribution in [0.25, 0.3) is 0 Å². The van der Waals surface area contributed by atoms with Crippen molar-refractivity contribution in [3.63, 3.8) is 0 Å². The fraction of sp³-hybridized carbons (Fsp3) is 0.900. The van der Waals surface area contributed by atoms with Crippen LogP contribution in [0.2, 0.25) is 0 Å². The average Bonchev–Trinajstić information content (AvgIpc) is 2.77. The summed E-state index contributed by atoms with van der Waals surface area (Å²) in [6, 6.07) is 0. The molecule has 0 radical (unpaired) electrons. The first kappa shape index (κ1) is 31.2. The maximum Gasteiger partial charge on any atom is 0.305 e. The van der Waals surface area contributed by atoms with E-state index in [0.717, 1.165) is 18.8 Å². The summed E-state index contributed by atoms with van der Waals surface area (Å²) < 4.78 is 5.39. The molecule has 0 amide bonds. The van der Waals surface area contributed by atoms with Crippen molar-refractivity contribution in [2.24, 2.45) is 5.92 Å². The van der Waals surface area contributed by atoms with E-state index >= 15 is 0 Å². The Balaban J connectivity index is 3.20. The lowest BCUT2D eigenvalue weighted by Crippen LogP contribution is -2.05. The summed E-state index contributed by atoms with van der Waals surface area (Å²) in [5.74, 6) is 0.857. The zero-order chi connectivity index (χ0) is 23.5. The van der Waals surface area contributed by atoms with Crippen molar-refractivity contribution in [1.82, 2.24) is 0 Å². The van der Waals surface area contributed by atoms with Gasteiger partial charge in [0.1, 0.15) is 0 Å². The zero-order valence-electron chi connectivity index (χ0n) is 22.3. The normalized spacial score (nSPS) is 11.6. The number of rotatable bonds is 25. The highest BCUT2D eigenvalue weighted by molar-refractivity contribution is 5.69. The SMILES string of the molecule is CCCCCCCC=CCCCCCCCCC(=O)OCCCCCCCCCC(C)C. The van der Waals surface area contributed by atoms with Gasteiger partial charge >= 0.3 is 5.97 Å². The van der Waals surface area contributed by atoms with Crippen LogP contribution in [0.3, 0.4) is 0 Å². The third-order valence-corrected chi connectivity index (χ3v) is 6.33. The number of allylic oxidation sites excluding steroid dienone is 2. The molecular weight excluding hydrogens is 392 g/mol. The van der Waals surface area contributed by atoms with Crippen LogP contribution < -0.4 is 0 Å². The quantitative estimate of drug-likeness (QED) is 0.0785. The van der Waals surface area contributed by atoms with E-state index in [2.05, 4.69) is 32.9 Å². The van der Waals surface area contributed by atoms with E-state index in [1.807, 2.05) is 0 Å². The number of carbonyl (C=O) groups is 1. The van der Waals surface area contributed by atoms with Gasteiger partial charge < -0.3 is 4.74 Å². The molecule has 0 rings (SSSR count). The number of hydrogen-bond donors (Lipinski definition) is 0. The maximum absolute atomic E-state index is 11.8. The van der Waals surface area contributed by atoms with Gasteiger partial charge in [-0.25, -0.2) is 0 Å². The van der Waals surface area contributed by atoms with Crippen molar-refractivity contribution in [3.05, 3.63) is 12.2 Å². The first-order valence-corrected chi connectivity index (χ1v) is 14.5. The van der Waals surface area contributed by atoms with E-state index in [1.165, 1.54) is 122 Å². The number of esters is 1. The van der Waals surface area contributed by atoms with Gasteiger partial charge in [0.05, 0.1) is 6.61 Å². The molecule has 0 aromatic heterocycles. The maximum atomic E-state index is 11.8. The van der Waals surface area contributed by atoms with Gasteiger partial charge in [0.25, 0.3) is 0 Å². The first-order chi connectivity index (χ1) is 15.7. The highest BCUT2D eigenvalue weighted by Gasteiger charge is 2.02. The summed E-state index contributed by atoms with van der Waals surface area (Å²) in [7, 11) is 0. The van der Waals surface area contributed by atoms with E-state index in [-0.39, 0.29) is 5.97 Å². The minimum absolute atomic E-state index is 0.0125. The summed E-state index contributed by atoms with van der Waals surface area (Å²) in [5, 5.41) is 0. The molecule has 0 aromatic rings. The molecule has 0 bridgehead atoms. The van der Waals surface area contributed by atoms with E-state index in [9.17, 15) is 4.79 Å². The van der Waals surface area contributed by atoms with Gasteiger partial charge in [0.2, 0.25) is 0 Å². The molecule has 190 valence electrons. The Morgan fingerprint density at radius 1 is 0.625 bits per heavy atom. The second-order valence-corrected chi connectivity index (χ2v) is 10.2. The Hall–Kier alpha value is -0.790. The second kappa shape index (κ2) is 26.5. The van der Waals surface area contributed by atoms with E-state index in [4.69, 9.17) is 4.74 Å². The van der Waals surface area contributed by atoms with Crippen molar-refractivity contribution >= 4 is 5.97 Å². The zero-order valence-corrected chi connectivity index (χ0v) is 22.3. The minimum atomic E-state index is 0.0125. The molecule has 32 heavy (non-hydrogen) atoms. The largest absolute Gasteiger partial charge is 0.466 e. The van der Waals surface area contributed by atoms with E-state index in [0.29, 0.717) is 13.0 Å². The van der Waals surface area contributed by atoms with Crippen molar-refractivity contribution in [3.8, 4) is 0 Å². The molecule has 0 heterocycles. The van der Waals surface area contributed by atoms with E-state index in [1.54, 1.807) is 0 Å². The van der Waals surface area contributed by atoms with Crippen LogP contribution >= 0.6 is 0 Å². The Morgan fingerprint density at radius 3 is 1.66 bits per heavy atom. The number of ether oxygens (including phenoxy) is 1. The van der Waals surface area contributed by atoms with Gasteiger partial charge in [0.15, 0.2) is 0 Å². The molecule has 0 aliphatic heterocycles. The highest BCUT2D eigenvalue weighted by atomic mass is 16.5. The van der Waals surface area contributed by atoms with Crippen LogP contribution in [0.4, 0.5) is 0 Å². The molecule has 0 aliphatic carbocycles. The summed E-state index contributed by atoms with van der Waals surface area (Å²) in [6.07, 6.45) is 32.4. The smallest absolute Gasteiger partial charge is 0.305 e. The number of unbranched alkanes of at least 4 members (excludes halogenated alkanes) is 17. The number of hydrogen-bond acceptors (Lipinski definition) is 2. The molecule has 0 aromatic carbocycles. The van der Waals surface area contributed by atoms with Crippen LogP contribution in [0, 0.1) is 5.92 Å². The molecule has 0 atom stereocenters. The topological polar surface area (TPSA) is 26.3 Å². The Bertz CT molecular complexity index is 400. The predicted molar refractivity (Wildman–Crippen MR) is 142 cm³/mol. The second-order valence-electron chi connectivity index (χ2n) is 10.2. The Labute approximate surface area is 202 Å². The summed E-state index contributed by atoms with van der Waals surface area (Å²) in [4.78, 5) is 11.8. The third-order valence-electron chi connectivity index (χ3n) is 6.33. The average molecular weight is 451 g/mol. The number of carbonyl (C=O) groups excluding carboxylic acids is 1. The summed E-state index contributed by atoms with van der Waals surface area (Å²) in [6.45, 7) is 7.50. The van der Waals surface area contributed by atoms with Crippen LogP contribution in [-0.4, -0.2) is 12.6 Å². The summed E-state index contributed by atoms with van der Waals surface area (Å²) in [5.41, 5.74) is 0. The van der Waals surface area contributed by atoms with Gasteiger partial charge in [-0.2, -0.15) is 0 Å². The van der Waals surface area contributed by atoms with Crippen molar-refractivity contribution in [1.29, 1.82) is 0 Å². The molecule has 2 nitrogen and oxygen atoms in total. The third kappa shape index (κ3) is 27.2. The van der Waals surface area contributed by atoms with Crippen molar-refractivity contribution in [2.75, 3.05) is 6.61 Å². The van der Waals surface area contributed by atoms with Crippen molar-refractivity contribution < 1.29 is 9.53 Å². The minimum Gasteiger partial charge on any atom is -0.466 e. The molecule has 0 saturated heterocycles. The van der Waals surface area contributed by atoms with Gasteiger partial charge in [0, 0.05) is 6.42 Å². The van der Waals surface area contributed by atoms with Crippen LogP contribution in [0.15, 0.2) is 12.2 Å². The molecule has 0 saturated carbocycles. The lowest BCUT2D eigenvalue weighted by atomic mass is 10.0. The molecule has 0 unspecified atom stereocenters. The lowest BCUT2D eigenvalue weighted by Gasteiger charge is -2.06. The fourth-order valence-corrected chi connectivity index (χ4v) is 4.14. The van der Waals surface area contributed by atoms with Gasteiger partial charge in [-0.1, -0.05) is 129 Å². The molecule has 0 aliphatic rings. The van der Waals surface area contributed by atoms with Crippen molar-refractivity contribution in [2.45, 2.75) is 162 Å². The predicted octanol–water partition coefficient (Wildman–Crippen LogP) is 10.3. The standard InChI is InChI=1S/C30H58O2/c1-4-5-6-7-8-9-10-11-12-13-14-15-18-21-24-27-30(31)32-28-25-22-19-16-17-20-23-26-29(2)3/h10-11,29H,4-9,12-28H2,1-3H3. The van der Waals surface area contributed by atoms with Crippen LogP contribution in [0.1, 0.15) is 162 Å². The molecule has 0 spiro atoms. The Morgan fingerprint density at radius 2 is 1.09 bits per heavy atom. The van der Waals surface area contributed by atoms with Gasteiger partial charge in [-0.3, -0.25) is 4.79 Å². The molecular formula is C30H58O2. The van der Waals surface area contributed by atoms with Crippen LogP contribution in [0.5, 0.6) is 0 Å². The lowest BCUT2D eigenvalue weighted by molar-refractivity contribution is -0.143. The fourth-order valence-electron chi connectivity index (χ4n) is 4.14. The monoisotopic (exact) mass is 450 g/mol. The highest BCUT2D eigenvalue weighted by Crippen LogP contribution is 2.13. The molecule has 0 fully saturated rings. The molecule has 0 N–H and O–H groups in total. The van der Waals surface area contributed by atoms with Gasteiger partial charge in [-0.05, 0) is 44.4 Å². The van der Waals surface area contributed by atoms with E-state index < -0.39 is 0 Å². The first-order valence-electron chi connectivity index (χ1n) is 14.5. The Kier molecular flexibility index (Phi) is 25.8. The molecule has 2 heteroatoms. The van der Waals surface area contributed by atoms with Gasteiger partial charge in [-0.15, -0.1) is 0 Å². The summed E-state index contributed by atoms with van der Waals surface area (Å²) >= 11 is 0. The van der Waals surface area contributed by atoms with Crippen LogP contribution in [-0.2, 0) is 9.53 Å².